The van der Waals surface area contributed by atoms with Crippen LogP contribution >= 0.6 is 0 Å². The summed E-state index contributed by atoms with van der Waals surface area (Å²) in [6.07, 6.45) is 5.00. The van der Waals surface area contributed by atoms with Gasteiger partial charge < -0.3 is 20.4 Å². The molecule has 9 nitrogen and oxygen atoms in total. The lowest BCUT2D eigenvalue weighted by Gasteiger charge is -2.27. The van der Waals surface area contributed by atoms with Crippen LogP contribution in [0.2, 0.25) is 0 Å². The van der Waals surface area contributed by atoms with E-state index in [0.29, 0.717) is 18.7 Å². The summed E-state index contributed by atoms with van der Waals surface area (Å²) in [6.45, 7) is 4.02. The molecule has 1 atom stereocenters. The zero-order chi connectivity index (χ0) is 21.5. The van der Waals surface area contributed by atoms with Crippen molar-refractivity contribution in [2.75, 3.05) is 31.5 Å². The molecule has 9 heteroatoms. The molecule has 2 amide bonds. The highest BCUT2D eigenvalue weighted by Gasteiger charge is 2.30. The van der Waals surface area contributed by atoms with Crippen molar-refractivity contribution in [3.05, 3.63) is 52.0 Å². The van der Waals surface area contributed by atoms with Crippen LogP contribution in [0.3, 0.4) is 0 Å². The maximum absolute atomic E-state index is 13.1. The zero-order valence-electron chi connectivity index (χ0n) is 17.3. The van der Waals surface area contributed by atoms with Crippen LogP contribution in [0.1, 0.15) is 37.7 Å². The number of anilines is 1. The molecule has 0 spiro atoms. The third kappa shape index (κ3) is 5.95. The number of amides is 2. The van der Waals surface area contributed by atoms with Crippen LogP contribution in [-0.2, 0) is 9.59 Å². The molecule has 2 N–H and O–H groups in total. The summed E-state index contributed by atoms with van der Waals surface area (Å²) in [7, 11) is 0. The average molecular weight is 415 g/mol. The highest BCUT2D eigenvalue weighted by molar-refractivity contribution is 5.88. The summed E-state index contributed by atoms with van der Waals surface area (Å²) in [5.74, 6) is -0.0718. The van der Waals surface area contributed by atoms with Crippen molar-refractivity contribution in [1.82, 2.24) is 15.1 Å². The quantitative estimate of drug-likeness (QED) is 0.521. The molecule has 30 heavy (non-hydrogen) atoms. The second-order valence-corrected chi connectivity index (χ2v) is 7.86. The van der Waals surface area contributed by atoms with Crippen LogP contribution in [-0.4, -0.2) is 58.8 Å². The molecular weight excluding hydrogens is 386 g/mol. The maximum atomic E-state index is 13.1. The Balaban J connectivity index is 1.69. The molecule has 162 valence electrons. The van der Waals surface area contributed by atoms with Gasteiger partial charge in [-0.2, -0.15) is 0 Å². The summed E-state index contributed by atoms with van der Waals surface area (Å²) in [4.78, 5) is 39.6. The fourth-order valence-electron chi connectivity index (χ4n) is 3.90. The van der Waals surface area contributed by atoms with Crippen molar-refractivity contribution in [1.29, 1.82) is 0 Å². The largest absolute Gasteiger partial charge is 0.355 e. The molecule has 0 saturated carbocycles. The van der Waals surface area contributed by atoms with Crippen molar-refractivity contribution < 1.29 is 14.5 Å². The van der Waals surface area contributed by atoms with Gasteiger partial charge in [0.1, 0.15) is 6.04 Å². The molecule has 2 fully saturated rings. The standard InChI is InChI=1S/C21H29N5O4/c1-16-7-6-8-17(13-16)22-19(14-26(29)30)23-18-9-2-3-12-25(21(18)28)15-20(27)24-10-4-5-11-24/h6-8,13-14,18,22-23H,2-5,9-12,15H2,1H3/b19-14+/t18-/m0/s1. The topological polar surface area (TPSA) is 108 Å². The number of carbonyl (C=O) groups excluding carboxylic acids is 2. The van der Waals surface area contributed by atoms with E-state index in [9.17, 15) is 19.7 Å². The van der Waals surface area contributed by atoms with E-state index < -0.39 is 11.0 Å². The molecule has 2 saturated heterocycles. The van der Waals surface area contributed by atoms with Gasteiger partial charge in [-0.3, -0.25) is 19.7 Å². The van der Waals surface area contributed by atoms with Gasteiger partial charge >= 0.3 is 0 Å². The summed E-state index contributed by atoms with van der Waals surface area (Å²) in [6, 6.07) is 6.83. The molecule has 0 unspecified atom stereocenters. The van der Waals surface area contributed by atoms with Crippen molar-refractivity contribution in [2.45, 2.75) is 45.1 Å². The number of nitrogens with one attached hydrogen (secondary N) is 2. The van der Waals surface area contributed by atoms with Crippen LogP contribution in [0.4, 0.5) is 5.69 Å². The van der Waals surface area contributed by atoms with E-state index in [1.54, 1.807) is 15.9 Å². The molecule has 0 aromatic heterocycles. The molecule has 1 aromatic rings. The lowest BCUT2D eigenvalue weighted by molar-refractivity contribution is -0.403. The minimum Gasteiger partial charge on any atom is -0.355 e. The van der Waals surface area contributed by atoms with Crippen molar-refractivity contribution in [3.63, 3.8) is 0 Å². The number of aryl methyl sites for hydroxylation is 1. The van der Waals surface area contributed by atoms with E-state index >= 15 is 0 Å². The first-order valence-electron chi connectivity index (χ1n) is 10.4. The van der Waals surface area contributed by atoms with Gasteiger partial charge in [-0.1, -0.05) is 12.1 Å². The minimum absolute atomic E-state index is 0.0274. The van der Waals surface area contributed by atoms with Crippen LogP contribution in [0, 0.1) is 17.0 Å². The van der Waals surface area contributed by atoms with Crippen molar-refractivity contribution in [2.24, 2.45) is 0 Å². The summed E-state index contributed by atoms with van der Waals surface area (Å²) >= 11 is 0. The Bertz CT molecular complexity index is 819. The first kappa shape index (κ1) is 21.6. The SMILES string of the molecule is Cc1cccc(N/C(=C\[N+](=O)[O-])N[C@H]2CCCCN(CC(=O)N3CCCC3)C2=O)c1. The first-order valence-corrected chi connectivity index (χ1v) is 10.4. The Kier molecular flexibility index (Phi) is 7.26. The van der Waals surface area contributed by atoms with E-state index in [4.69, 9.17) is 0 Å². The Hall–Kier alpha value is -3.10. The van der Waals surface area contributed by atoms with Crippen molar-refractivity contribution >= 4 is 17.5 Å². The highest BCUT2D eigenvalue weighted by Crippen LogP contribution is 2.17. The molecule has 2 aliphatic heterocycles. The predicted molar refractivity (Wildman–Crippen MR) is 113 cm³/mol. The van der Waals surface area contributed by atoms with E-state index in [1.807, 2.05) is 25.1 Å². The van der Waals surface area contributed by atoms with Gasteiger partial charge in [-0.25, -0.2) is 0 Å². The van der Waals surface area contributed by atoms with E-state index in [0.717, 1.165) is 50.5 Å². The smallest absolute Gasteiger partial charge is 0.274 e. The normalized spacial score (nSPS) is 20.1. The molecule has 2 aliphatic rings. The zero-order valence-corrected chi connectivity index (χ0v) is 17.3. The highest BCUT2D eigenvalue weighted by atomic mass is 16.6. The van der Waals surface area contributed by atoms with E-state index in [2.05, 4.69) is 10.6 Å². The molecule has 0 radical (unpaired) electrons. The summed E-state index contributed by atoms with van der Waals surface area (Å²) in [5, 5.41) is 17.1. The number of nitrogens with zero attached hydrogens (tertiary/aromatic N) is 3. The van der Waals surface area contributed by atoms with Gasteiger partial charge in [0.25, 0.3) is 6.20 Å². The number of hydrogen-bond acceptors (Lipinski definition) is 6. The monoisotopic (exact) mass is 415 g/mol. The van der Waals surface area contributed by atoms with Crippen molar-refractivity contribution in [3.8, 4) is 0 Å². The number of likely N-dealkylation sites (tertiary alicyclic amines) is 2. The van der Waals surface area contributed by atoms with Gasteiger partial charge in [-0.05, 0) is 56.7 Å². The second kappa shape index (κ2) is 10.1. The Morgan fingerprint density at radius 1 is 1.23 bits per heavy atom. The minimum atomic E-state index is -0.623. The van der Waals surface area contributed by atoms with Gasteiger partial charge in [0, 0.05) is 25.3 Å². The Morgan fingerprint density at radius 3 is 2.67 bits per heavy atom. The number of nitro groups is 1. The second-order valence-electron chi connectivity index (χ2n) is 7.86. The average Bonchev–Trinajstić information content (AvgIpc) is 3.17. The predicted octanol–water partition coefficient (Wildman–Crippen LogP) is 2.08. The fourth-order valence-corrected chi connectivity index (χ4v) is 3.90. The third-order valence-electron chi connectivity index (χ3n) is 5.43. The van der Waals surface area contributed by atoms with Crippen LogP contribution in [0.25, 0.3) is 0 Å². The lowest BCUT2D eigenvalue weighted by Crippen LogP contribution is -2.49. The first-order chi connectivity index (χ1) is 14.4. The lowest BCUT2D eigenvalue weighted by atomic mass is 10.1. The van der Waals surface area contributed by atoms with E-state index in [1.165, 1.54) is 0 Å². The maximum Gasteiger partial charge on any atom is 0.274 e. The third-order valence-corrected chi connectivity index (χ3v) is 5.43. The molecule has 2 heterocycles. The summed E-state index contributed by atoms with van der Waals surface area (Å²) < 4.78 is 0. The Labute approximate surface area is 176 Å². The number of hydrogen-bond donors (Lipinski definition) is 2. The number of benzene rings is 1. The Morgan fingerprint density at radius 2 is 1.97 bits per heavy atom. The van der Waals surface area contributed by atoms with Gasteiger partial charge in [0.05, 0.1) is 11.5 Å². The molecule has 0 bridgehead atoms. The summed E-state index contributed by atoms with van der Waals surface area (Å²) in [5.41, 5.74) is 1.70. The number of carbonyl (C=O) groups is 2. The van der Waals surface area contributed by atoms with Crippen LogP contribution in [0.5, 0.6) is 0 Å². The molecular formula is C21H29N5O4. The van der Waals surface area contributed by atoms with Gasteiger partial charge in [0.2, 0.25) is 11.8 Å². The fraction of sp³-hybridized carbons (Fsp3) is 0.524. The molecule has 0 aliphatic carbocycles. The van der Waals surface area contributed by atoms with Gasteiger partial charge in [0.15, 0.2) is 5.82 Å². The van der Waals surface area contributed by atoms with Crippen LogP contribution < -0.4 is 10.6 Å². The van der Waals surface area contributed by atoms with E-state index in [-0.39, 0.29) is 24.2 Å². The molecule has 3 rings (SSSR count). The van der Waals surface area contributed by atoms with Crippen LogP contribution in [0.15, 0.2) is 36.3 Å². The van der Waals surface area contributed by atoms with Gasteiger partial charge in [-0.15, -0.1) is 0 Å². The molecule has 1 aromatic carbocycles. The number of rotatable bonds is 7.